The van der Waals surface area contributed by atoms with E-state index in [-0.39, 0.29) is 0 Å². The van der Waals surface area contributed by atoms with Crippen LogP contribution in [0.1, 0.15) is 0 Å². The summed E-state index contributed by atoms with van der Waals surface area (Å²) in [5, 5.41) is 22.3. The second-order valence-corrected chi connectivity index (χ2v) is 33.7. The Bertz CT molecular complexity index is 9070. The van der Waals surface area contributed by atoms with E-state index in [1.54, 1.807) is 0 Å². The van der Waals surface area contributed by atoms with Crippen LogP contribution in [-0.2, 0) is 0 Å². The molecule has 0 amide bonds. The van der Waals surface area contributed by atoms with Gasteiger partial charge in [0, 0.05) is 134 Å². The van der Waals surface area contributed by atoms with E-state index in [0.29, 0.717) is 17.8 Å². The second kappa shape index (κ2) is 29.3. The summed E-state index contributed by atoms with van der Waals surface area (Å²) >= 11 is 1.88. The molecule has 0 aliphatic rings. The molecule has 0 spiro atoms. The lowest BCUT2D eigenvalue weighted by Crippen LogP contribution is -2.03. The number of aromatic nitrogens is 10. The lowest BCUT2D eigenvalue weighted by Gasteiger charge is -2.13. The number of fused-ring (bicyclic) bond motifs is 29. The number of thiophene rings is 1. The lowest BCUT2D eigenvalue weighted by atomic mass is 9.99. The molecule has 0 aliphatic carbocycles. The van der Waals surface area contributed by atoms with Crippen molar-refractivity contribution in [3.05, 3.63) is 425 Å². The van der Waals surface area contributed by atoms with Gasteiger partial charge in [0.25, 0.3) is 0 Å². The molecule has 11 nitrogen and oxygen atoms in total. The maximum atomic E-state index is 6.53. The van der Waals surface area contributed by atoms with Gasteiger partial charge in [0.2, 0.25) is 17.8 Å². The molecule has 0 bridgehead atoms. The van der Waals surface area contributed by atoms with Crippen molar-refractivity contribution in [2.45, 2.75) is 0 Å². The van der Waals surface area contributed by atoms with Crippen molar-refractivity contribution in [1.29, 1.82) is 0 Å². The lowest BCUT2D eigenvalue weighted by molar-refractivity contribution is 0.673. The SMILES string of the molecule is c1ccc(-c2nc(-n3c4ccccc4c4c5c6ccccc6oc5c5ccccc5c43)nc3ccccc23)cc1.c1ccc(-c2nc(-n3c4ccccc4c4c5c6ccccc6sc5c5ccccc5c43)nc3ccccc23)cc1.c1ccc(-c2nc(-n3c4ccccc4c4cc(-c5ccc6c(c5)c5ccccc5n6-c5ccccc5)ccc43)nc3ccccc23)cc1. The molecule has 0 atom stereocenters. The van der Waals surface area contributed by atoms with E-state index in [4.69, 9.17) is 34.3 Å². The first-order valence-corrected chi connectivity index (χ1v) is 44.0. The Morgan fingerprint density at radius 1 is 0.203 bits per heavy atom. The number of hydrogen-bond donors (Lipinski definition) is 0. The van der Waals surface area contributed by atoms with Crippen molar-refractivity contribution in [2.24, 2.45) is 0 Å². The van der Waals surface area contributed by atoms with Crippen LogP contribution in [0.3, 0.4) is 0 Å². The van der Waals surface area contributed by atoms with Gasteiger partial charge in [-0.3, -0.25) is 13.7 Å². The average Bonchev–Trinajstić information content (AvgIpc) is 1.54. The highest BCUT2D eigenvalue weighted by atomic mass is 32.1. The average molecular weight is 1650 g/mol. The van der Waals surface area contributed by atoms with E-state index in [1.165, 1.54) is 85.4 Å². The van der Waals surface area contributed by atoms with Gasteiger partial charge in [-0.15, -0.1) is 11.3 Å². The molecular formula is C116H70N10OS. The van der Waals surface area contributed by atoms with Gasteiger partial charge in [-0.05, 0) is 102 Å². The second-order valence-electron chi connectivity index (χ2n) is 32.6. The van der Waals surface area contributed by atoms with Crippen molar-refractivity contribution >= 4 is 195 Å². The highest BCUT2D eigenvalue weighted by Gasteiger charge is 2.28. The molecule has 0 radical (unpaired) electrons. The fraction of sp³-hybridized carbons (Fsp3) is 0. The molecule has 9 heterocycles. The summed E-state index contributed by atoms with van der Waals surface area (Å²) in [6.45, 7) is 0. The van der Waals surface area contributed by atoms with Gasteiger partial charge in [-0.2, -0.15) is 0 Å². The van der Waals surface area contributed by atoms with Crippen molar-refractivity contribution in [3.8, 4) is 68.4 Å². The first-order valence-electron chi connectivity index (χ1n) is 43.2. The van der Waals surface area contributed by atoms with Gasteiger partial charge in [0.05, 0.1) is 77.8 Å². The molecule has 19 aromatic carbocycles. The molecule has 0 aliphatic heterocycles. The summed E-state index contributed by atoms with van der Waals surface area (Å²) in [5.41, 5.74) is 23.1. The number of benzene rings is 19. The molecule has 128 heavy (non-hydrogen) atoms. The van der Waals surface area contributed by atoms with E-state index >= 15 is 0 Å². The van der Waals surface area contributed by atoms with Crippen molar-refractivity contribution < 1.29 is 4.42 Å². The van der Waals surface area contributed by atoms with Crippen LogP contribution < -0.4 is 0 Å². The zero-order valence-electron chi connectivity index (χ0n) is 68.7. The first kappa shape index (κ1) is 72.6. The minimum atomic E-state index is 0.654. The smallest absolute Gasteiger partial charge is 0.235 e. The summed E-state index contributed by atoms with van der Waals surface area (Å²) in [5.74, 6) is 2.01. The zero-order valence-corrected chi connectivity index (χ0v) is 69.5. The summed E-state index contributed by atoms with van der Waals surface area (Å²) in [7, 11) is 0. The maximum Gasteiger partial charge on any atom is 0.235 e. The third-order valence-corrected chi connectivity index (χ3v) is 26.7. The molecular weight excluding hydrogens is 1580 g/mol. The Hall–Kier alpha value is -17.1. The van der Waals surface area contributed by atoms with Crippen molar-refractivity contribution in [1.82, 2.24) is 48.2 Å². The summed E-state index contributed by atoms with van der Waals surface area (Å²) in [4.78, 5) is 31.3. The fourth-order valence-electron chi connectivity index (χ4n) is 20.0. The molecule has 0 saturated heterocycles. The molecule has 28 rings (SSSR count). The van der Waals surface area contributed by atoms with Gasteiger partial charge < -0.3 is 8.98 Å². The Labute approximate surface area is 735 Å². The Kier molecular flexibility index (Phi) is 16.6. The van der Waals surface area contributed by atoms with Gasteiger partial charge in [0.15, 0.2) is 0 Å². The Morgan fingerprint density at radius 3 is 1.03 bits per heavy atom. The minimum absolute atomic E-state index is 0.654. The first-order chi connectivity index (χ1) is 63.5. The van der Waals surface area contributed by atoms with Crippen LogP contribution in [-0.4, -0.2) is 48.2 Å². The van der Waals surface area contributed by atoms with Gasteiger partial charge in [-0.25, -0.2) is 29.9 Å². The minimum Gasteiger partial charge on any atom is -0.455 e. The van der Waals surface area contributed by atoms with Crippen molar-refractivity contribution in [2.75, 3.05) is 0 Å². The van der Waals surface area contributed by atoms with Crippen LogP contribution >= 0.6 is 11.3 Å². The monoisotopic (exact) mass is 1650 g/mol. The molecule has 596 valence electrons. The largest absolute Gasteiger partial charge is 0.455 e. The van der Waals surface area contributed by atoms with Gasteiger partial charge in [0.1, 0.15) is 11.2 Å². The van der Waals surface area contributed by atoms with Gasteiger partial charge >= 0.3 is 0 Å². The number of rotatable bonds is 8. The molecule has 0 saturated carbocycles. The van der Waals surface area contributed by atoms with Crippen LogP contribution in [0.2, 0.25) is 0 Å². The van der Waals surface area contributed by atoms with E-state index in [2.05, 4.69) is 394 Å². The topological polar surface area (TPSA) is 110 Å². The van der Waals surface area contributed by atoms with Gasteiger partial charge in [-0.1, -0.05) is 334 Å². The normalized spacial score (nSPS) is 11.9. The van der Waals surface area contributed by atoms with Crippen molar-refractivity contribution in [3.63, 3.8) is 0 Å². The highest BCUT2D eigenvalue weighted by molar-refractivity contribution is 7.27. The van der Waals surface area contributed by atoms with E-state index in [0.717, 1.165) is 149 Å². The molecule has 28 aromatic rings. The number of furan rings is 1. The number of para-hydroxylation sites is 9. The molecule has 0 fully saturated rings. The Morgan fingerprint density at radius 2 is 0.539 bits per heavy atom. The maximum absolute atomic E-state index is 6.53. The predicted molar refractivity (Wildman–Crippen MR) is 533 cm³/mol. The number of hydrogen-bond acceptors (Lipinski definition) is 8. The van der Waals surface area contributed by atoms with Crippen LogP contribution in [0.15, 0.2) is 429 Å². The van der Waals surface area contributed by atoms with Crippen LogP contribution in [0.4, 0.5) is 0 Å². The molecule has 12 heteroatoms. The highest BCUT2D eigenvalue weighted by Crippen LogP contribution is 2.51. The molecule has 9 aromatic heterocycles. The summed E-state index contributed by atoms with van der Waals surface area (Å²) < 4.78 is 18.3. The number of nitrogens with zero attached hydrogens (tertiary/aromatic N) is 10. The van der Waals surface area contributed by atoms with E-state index in [9.17, 15) is 0 Å². The molecule has 0 N–H and O–H groups in total. The van der Waals surface area contributed by atoms with Crippen LogP contribution in [0.5, 0.6) is 0 Å². The van der Waals surface area contributed by atoms with E-state index < -0.39 is 0 Å². The predicted octanol–water partition coefficient (Wildman–Crippen LogP) is 30.5. The molecule has 0 unspecified atom stereocenters. The Balaban J connectivity index is 0.000000102. The fourth-order valence-corrected chi connectivity index (χ4v) is 21.2. The third kappa shape index (κ3) is 11.4. The van der Waals surface area contributed by atoms with Crippen LogP contribution in [0.25, 0.3) is 252 Å². The summed E-state index contributed by atoms with van der Waals surface area (Å²) in [6.07, 6.45) is 0. The zero-order chi connectivity index (χ0) is 84.0. The van der Waals surface area contributed by atoms with Crippen LogP contribution in [0, 0.1) is 0 Å². The standard InChI is InChI=1S/C44H28N4.C36H21N3O.C36H21N3S/c1-3-13-29(14-4-1)43-35-19-7-10-20-38(35)45-44(46-43)48-40-22-12-9-18-34(40)37-28-31(24-26-42(37)48)30-23-25-41-36(27-30)33-17-8-11-21-39(33)47(41)32-15-5-2-6-16-32;2*1-2-12-22(13-3-1)33-25-16-6-9-19-28(25)37-36(38-33)39-29-20-10-7-17-26(29)31-32-27-18-8-11-21-30(27)40-35(32)24-15-5-4-14-23(24)34(31)39/h1-28H;2*1-21H. The third-order valence-electron chi connectivity index (χ3n) is 25.5. The van der Waals surface area contributed by atoms with E-state index in [1.807, 2.05) is 59.9 Å². The quantitative estimate of drug-likeness (QED) is 0.149. The summed E-state index contributed by atoms with van der Waals surface area (Å²) in [6, 6.07) is 149.